The third-order valence-corrected chi connectivity index (χ3v) is 3.91. The Bertz CT molecular complexity index is 751. The minimum atomic E-state index is -4.37. The highest BCUT2D eigenvalue weighted by atomic mass is 32.2. The Morgan fingerprint density at radius 3 is 2.42 bits per heavy atom. The van der Waals surface area contributed by atoms with Gasteiger partial charge in [-0.25, -0.2) is 4.79 Å². The van der Waals surface area contributed by atoms with Crippen LogP contribution < -0.4 is 11.1 Å². The van der Waals surface area contributed by atoms with Crippen molar-refractivity contribution in [3.63, 3.8) is 0 Å². The number of hydrogen-bond acceptors (Lipinski definition) is 7. The summed E-state index contributed by atoms with van der Waals surface area (Å²) < 4.78 is 33.4. The van der Waals surface area contributed by atoms with E-state index in [0.717, 1.165) is 6.92 Å². The summed E-state index contributed by atoms with van der Waals surface area (Å²) in [6, 6.07) is 7.08. The van der Waals surface area contributed by atoms with Crippen molar-refractivity contribution in [3.05, 3.63) is 30.3 Å². The number of nitrogens with one attached hydrogen (secondary N) is 1. The van der Waals surface area contributed by atoms with E-state index in [4.69, 9.17) is 10.5 Å². The van der Waals surface area contributed by atoms with Crippen molar-refractivity contribution >= 4 is 22.0 Å². The Morgan fingerprint density at radius 1 is 1.25 bits per heavy atom. The van der Waals surface area contributed by atoms with Gasteiger partial charge in [-0.15, -0.1) is 0 Å². The molecule has 0 bridgehead atoms. The molecule has 1 rings (SSSR count). The molecule has 24 heavy (non-hydrogen) atoms. The van der Waals surface area contributed by atoms with Crippen LogP contribution in [0.2, 0.25) is 0 Å². The molecule has 1 unspecified atom stereocenters. The van der Waals surface area contributed by atoms with Crippen LogP contribution in [0.25, 0.3) is 0 Å². The fraction of sp³-hybridized carbons (Fsp3) is 0.333. The summed E-state index contributed by atoms with van der Waals surface area (Å²) in [5.41, 5.74) is 3.69. The smallest absolute Gasteiger partial charge is 0.363 e. The number of methoxy groups -OCH3 is 1. The van der Waals surface area contributed by atoms with E-state index >= 15 is 0 Å². The first-order valence-electron chi connectivity index (χ1n) is 6.77. The van der Waals surface area contributed by atoms with Gasteiger partial charge >= 0.3 is 16.1 Å². The number of hydrogen-bond donors (Lipinski definition) is 2. The Labute approximate surface area is 140 Å². The lowest BCUT2D eigenvalue weighted by Crippen LogP contribution is -2.61. The summed E-state index contributed by atoms with van der Waals surface area (Å²) >= 11 is 0. The maximum Gasteiger partial charge on any atom is 0.363 e. The molecule has 0 saturated heterocycles. The molecule has 0 aliphatic rings. The highest BCUT2D eigenvalue weighted by Gasteiger charge is 2.39. The van der Waals surface area contributed by atoms with Crippen molar-refractivity contribution in [3.8, 4) is 11.8 Å². The molecule has 0 radical (unpaired) electrons. The predicted molar refractivity (Wildman–Crippen MR) is 84.7 cm³/mol. The van der Waals surface area contributed by atoms with E-state index < -0.39 is 27.7 Å². The quantitative estimate of drug-likeness (QED) is 0.410. The summed E-state index contributed by atoms with van der Waals surface area (Å²) in [5, 5.41) is 2.16. The number of nitrogens with two attached hydrogens (primary N) is 1. The average Bonchev–Trinajstić information content (AvgIpc) is 2.51. The predicted octanol–water partition coefficient (Wildman–Crippen LogP) is -0.250. The van der Waals surface area contributed by atoms with Crippen molar-refractivity contribution in [2.75, 3.05) is 13.7 Å². The van der Waals surface area contributed by atoms with E-state index in [1.807, 2.05) is 0 Å². The second-order valence-electron chi connectivity index (χ2n) is 4.75. The summed E-state index contributed by atoms with van der Waals surface area (Å²) in [6.45, 7) is 1.22. The maximum absolute atomic E-state index is 12.2. The van der Waals surface area contributed by atoms with E-state index in [1.165, 1.54) is 31.4 Å². The van der Waals surface area contributed by atoms with Crippen molar-refractivity contribution < 1.29 is 26.9 Å². The summed E-state index contributed by atoms with van der Waals surface area (Å²) in [4.78, 5) is 23.3. The lowest BCUT2D eigenvalue weighted by molar-refractivity contribution is -0.143. The fourth-order valence-corrected chi connectivity index (χ4v) is 2.55. The third-order valence-electron chi connectivity index (χ3n) is 2.69. The van der Waals surface area contributed by atoms with Crippen LogP contribution in [0.15, 0.2) is 35.2 Å². The minimum Gasteiger partial charge on any atom is -0.372 e. The lowest BCUT2D eigenvalue weighted by atomic mass is 10.1. The van der Waals surface area contributed by atoms with Gasteiger partial charge in [-0.3, -0.25) is 10.5 Å². The number of ether oxygens (including phenoxy) is 1. The highest BCUT2D eigenvalue weighted by Crippen LogP contribution is 2.15. The number of carbonyl (C=O) groups excluding carboxylic acids is 2. The van der Waals surface area contributed by atoms with Gasteiger partial charge in [-0.2, -0.15) is 8.42 Å². The molecule has 0 fully saturated rings. The number of carbonyl (C=O) groups is 2. The molecule has 0 heterocycles. The SMILES string of the molecule is COCC#CCC(N)(NC(C)=O)C(=O)OS(=O)(=O)c1ccccc1. The molecular weight excluding hydrogens is 336 g/mol. The Hall–Kier alpha value is -2.41. The second kappa shape index (κ2) is 8.44. The van der Waals surface area contributed by atoms with Crippen molar-refractivity contribution in [1.82, 2.24) is 5.32 Å². The van der Waals surface area contributed by atoms with Gasteiger partial charge in [0, 0.05) is 14.0 Å². The molecular formula is C15H18N2O6S. The van der Waals surface area contributed by atoms with Crippen LogP contribution in [0.5, 0.6) is 0 Å². The highest BCUT2D eigenvalue weighted by molar-refractivity contribution is 7.87. The molecule has 0 spiro atoms. The molecule has 1 atom stereocenters. The van der Waals surface area contributed by atoms with Gasteiger partial charge < -0.3 is 14.2 Å². The largest absolute Gasteiger partial charge is 0.372 e. The van der Waals surface area contributed by atoms with Gasteiger partial charge in [-0.1, -0.05) is 30.0 Å². The normalized spacial score (nSPS) is 13.1. The Morgan fingerprint density at radius 2 is 1.88 bits per heavy atom. The van der Waals surface area contributed by atoms with Gasteiger partial charge in [0.2, 0.25) is 11.6 Å². The van der Waals surface area contributed by atoms with Crippen molar-refractivity contribution in [2.24, 2.45) is 5.73 Å². The van der Waals surface area contributed by atoms with Crippen LogP contribution in [0, 0.1) is 11.8 Å². The molecule has 0 aromatic heterocycles. The molecule has 3 N–H and O–H groups in total. The van der Waals surface area contributed by atoms with E-state index in [-0.39, 0.29) is 17.9 Å². The number of benzene rings is 1. The Balaban J connectivity index is 3.00. The van der Waals surface area contributed by atoms with Gasteiger partial charge in [0.15, 0.2) is 0 Å². The summed E-state index contributed by atoms with van der Waals surface area (Å²) in [7, 11) is -2.94. The first kappa shape index (κ1) is 19.6. The van der Waals surface area contributed by atoms with Crippen LogP contribution in [0.4, 0.5) is 0 Å². The zero-order valence-corrected chi connectivity index (χ0v) is 14.1. The molecule has 0 saturated carbocycles. The fourth-order valence-electron chi connectivity index (χ4n) is 1.62. The second-order valence-corrected chi connectivity index (χ2v) is 6.30. The van der Waals surface area contributed by atoms with Gasteiger partial charge in [-0.05, 0) is 12.1 Å². The third kappa shape index (κ3) is 5.66. The van der Waals surface area contributed by atoms with Crippen molar-refractivity contribution in [1.29, 1.82) is 0 Å². The molecule has 1 aromatic carbocycles. The van der Waals surface area contributed by atoms with Crippen LogP contribution in [-0.4, -0.2) is 39.7 Å². The van der Waals surface area contributed by atoms with E-state index in [0.29, 0.717) is 0 Å². The molecule has 0 aliphatic heterocycles. The monoisotopic (exact) mass is 354 g/mol. The van der Waals surface area contributed by atoms with Gasteiger partial charge in [0.1, 0.15) is 11.5 Å². The van der Waals surface area contributed by atoms with Crippen LogP contribution >= 0.6 is 0 Å². The van der Waals surface area contributed by atoms with Gasteiger partial charge in [0.25, 0.3) is 0 Å². The van der Waals surface area contributed by atoms with E-state index in [2.05, 4.69) is 21.3 Å². The average molecular weight is 354 g/mol. The van der Waals surface area contributed by atoms with E-state index in [9.17, 15) is 18.0 Å². The molecule has 0 aliphatic carbocycles. The number of rotatable bonds is 6. The van der Waals surface area contributed by atoms with Crippen LogP contribution in [0.1, 0.15) is 13.3 Å². The first-order chi connectivity index (χ1) is 11.2. The standard InChI is InChI=1S/C15H18N2O6S/c1-12(18)17-15(16,10-6-7-11-22-2)14(19)23-24(20,21)13-8-4-3-5-9-13/h3-5,8-9H,10-11,16H2,1-2H3,(H,17,18). The first-order valence-corrected chi connectivity index (χ1v) is 8.18. The van der Waals surface area contributed by atoms with E-state index in [1.54, 1.807) is 6.07 Å². The molecule has 9 heteroatoms. The van der Waals surface area contributed by atoms with Crippen molar-refractivity contribution in [2.45, 2.75) is 23.9 Å². The summed E-state index contributed by atoms with van der Waals surface area (Å²) in [6.07, 6.45) is -0.348. The van der Waals surface area contributed by atoms with Gasteiger partial charge in [0.05, 0.1) is 6.42 Å². The van der Waals surface area contributed by atoms with Crippen LogP contribution in [0.3, 0.4) is 0 Å². The Kier molecular flexibility index (Phi) is 6.91. The molecule has 1 aromatic rings. The number of amides is 1. The minimum absolute atomic E-state index is 0.0908. The summed E-state index contributed by atoms with van der Waals surface area (Å²) in [5.74, 6) is 3.10. The molecule has 8 nitrogen and oxygen atoms in total. The molecule has 130 valence electrons. The maximum atomic E-state index is 12.2. The zero-order chi connectivity index (χ0) is 18.2. The van der Waals surface area contributed by atoms with Crippen LogP contribution in [-0.2, 0) is 28.6 Å². The topological polar surface area (TPSA) is 125 Å². The molecule has 1 amide bonds. The lowest BCUT2D eigenvalue weighted by Gasteiger charge is -2.25. The zero-order valence-electron chi connectivity index (χ0n) is 13.2.